The summed E-state index contributed by atoms with van der Waals surface area (Å²) in [5.41, 5.74) is 6.86. The number of benzene rings is 2. The van der Waals surface area contributed by atoms with E-state index < -0.39 is 0 Å². The normalized spacial score (nSPS) is 13.1. The van der Waals surface area contributed by atoms with Crippen LogP contribution in [0.5, 0.6) is 0 Å². The first kappa shape index (κ1) is 22.0. The van der Waals surface area contributed by atoms with Gasteiger partial charge in [0.15, 0.2) is 0 Å². The van der Waals surface area contributed by atoms with Gasteiger partial charge < -0.3 is 24.8 Å². The van der Waals surface area contributed by atoms with Crippen LogP contribution in [0.4, 0.5) is 0 Å². The molecule has 0 bridgehead atoms. The van der Waals surface area contributed by atoms with E-state index in [1.807, 2.05) is 0 Å². The third-order valence-corrected chi connectivity index (χ3v) is 4.69. The van der Waals surface area contributed by atoms with Crippen molar-refractivity contribution in [2.24, 2.45) is 0 Å². The Balaban J connectivity index is 0.00000104. The van der Waals surface area contributed by atoms with Crippen molar-refractivity contribution in [1.82, 2.24) is 0 Å². The molecule has 0 heterocycles. The fourth-order valence-corrected chi connectivity index (χ4v) is 3.56. The molecule has 25 heavy (non-hydrogen) atoms. The van der Waals surface area contributed by atoms with Crippen LogP contribution in [0.3, 0.4) is 0 Å². The standard InChI is InChI=1S/C22H19.2ClH.Ti/c1-14(2)17-11-12-20-19-9-5-4-8-16(19)13-21(20)22(17)18-10-6-7-15(18)3;;;/h4-9,11-12H,10H2,1-3H3;2*1H;/q-1;;;+3/p-2. The molecular formula is C22H19Cl2Ti. The molecule has 0 unspecified atom stereocenters. The van der Waals surface area contributed by atoms with Crippen molar-refractivity contribution < 1.29 is 46.5 Å². The number of hydrogen-bond acceptors (Lipinski definition) is 0. The Kier molecular flexibility index (Phi) is 7.53. The summed E-state index contributed by atoms with van der Waals surface area (Å²) in [5, 5.41) is 5.21. The minimum absolute atomic E-state index is 0. The number of hydrogen-bond donors (Lipinski definition) is 0. The SMILES string of the molecule is CC1=C(c2c3c(ccc2=C(C)C)=c2ccccc2=[C-]3)CC=C1.[Cl-].[Cl-].[Ti+3]. The summed E-state index contributed by atoms with van der Waals surface area (Å²) in [6.45, 7) is 6.62. The molecule has 0 atom stereocenters. The zero-order valence-corrected chi connectivity index (χ0v) is 17.7. The van der Waals surface area contributed by atoms with Gasteiger partial charge in [0.05, 0.1) is 0 Å². The maximum Gasteiger partial charge on any atom is 3.00 e. The molecule has 2 aliphatic carbocycles. The molecule has 0 fully saturated rings. The number of halogens is 2. The molecule has 1 radical (unpaired) electrons. The monoisotopic (exact) mass is 401 g/mol. The van der Waals surface area contributed by atoms with Gasteiger partial charge in [-0.3, -0.25) is 0 Å². The molecule has 0 nitrogen and oxygen atoms in total. The van der Waals surface area contributed by atoms with E-state index in [0.717, 1.165) is 6.42 Å². The second-order valence-electron chi connectivity index (χ2n) is 6.35. The van der Waals surface area contributed by atoms with Gasteiger partial charge in [0.25, 0.3) is 0 Å². The Morgan fingerprint density at radius 3 is 2.32 bits per heavy atom. The summed E-state index contributed by atoms with van der Waals surface area (Å²) in [6.07, 6.45) is 9.20. The van der Waals surface area contributed by atoms with Crippen LogP contribution in [-0.4, -0.2) is 0 Å². The van der Waals surface area contributed by atoms with Gasteiger partial charge in [-0.2, -0.15) is 0 Å². The van der Waals surface area contributed by atoms with Crippen molar-refractivity contribution in [3.8, 4) is 0 Å². The van der Waals surface area contributed by atoms with Crippen LogP contribution in [-0.2, 0) is 21.7 Å². The molecule has 4 rings (SSSR count). The third kappa shape index (κ3) is 3.59. The molecule has 0 aromatic heterocycles. The van der Waals surface area contributed by atoms with Crippen LogP contribution >= 0.6 is 0 Å². The fraction of sp³-hybridized carbons (Fsp3) is 0.182. The van der Waals surface area contributed by atoms with Gasteiger partial charge in [-0.05, 0) is 27.2 Å². The molecule has 2 aliphatic rings. The molecule has 0 amide bonds. The van der Waals surface area contributed by atoms with Crippen LogP contribution in [0.1, 0.15) is 38.3 Å². The van der Waals surface area contributed by atoms with E-state index >= 15 is 0 Å². The Morgan fingerprint density at radius 2 is 1.68 bits per heavy atom. The predicted octanol–water partition coefficient (Wildman–Crippen LogP) is -2.08. The Labute approximate surface area is 176 Å². The molecule has 0 aliphatic heterocycles. The summed E-state index contributed by atoms with van der Waals surface area (Å²) >= 11 is 0. The predicted molar refractivity (Wildman–Crippen MR) is 93.4 cm³/mol. The van der Waals surface area contributed by atoms with Crippen LogP contribution in [0.25, 0.3) is 17.2 Å². The van der Waals surface area contributed by atoms with E-state index in [-0.39, 0.29) is 46.5 Å². The van der Waals surface area contributed by atoms with Crippen molar-refractivity contribution in [3.05, 3.63) is 86.1 Å². The van der Waals surface area contributed by atoms with Crippen molar-refractivity contribution in [3.63, 3.8) is 0 Å². The zero-order chi connectivity index (χ0) is 15.3. The van der Waals surface area contributed by atoms with Gasteiger partial charge >= 0.3 is 21.7 Å². The summed E-state index contributed by atoms with van der Waals surface area (Å²) in [7, 11) is 0. The average molecular weight is 402 g/mol. The summed E-state index contributed by atoms with van der Waals surface area (Å²) < 4.78 is 0. The van der Waals surface area contributed by atoms with E-state index in [2.05, 4.69) is 75.4 Å². The molecule has 0 saturated carbocycles. The number of allylic oxidation sites excluding steroid dienone is 4. The van der Waals surface area contributed by atoms with E-state index in [4.69, 9.17) is 0 Å². The van der Waals surface area contributed by atoms with Gasteiger partial charge in [-0.25, -0.2) is 0 Å². The van der Waals surface area contributed by atoms with Gasteiger partial charge in [-0.1, -0.05) is 70.0 Å². The van der Waals surface area contributed by atoms with E-state index in [0.29, 0.717) is 0 Å². The van der Waals surface area contributed by atoms with Crippen LogP contribution in [0, 0.1) is 10.4 Å². The minimum atomic E-state index is 0. The molecule has 125 valence electrons. The summed E-state index contributed by atoms with van der Waals surface area (Å²) in [6, 6.07) is 13.1. The van der Waals surface area contributed by atoms with Gasteiger partial charge in [0.1, 0.15) is 0 Å². The first-order chi connectivity index (χ1) is 10.7. The molecule has 3 heteroatoms. The topological polar surface area (TPSA) is 0 Å². The zero-order valence-electron chi connectivity index (χ0n) is 14.6. The Hall–Kier alpha value is -1.05. The molecule has 0 spiro atoms. The van der Waals surface area contributed by atoms with E-state index in [1.165, 1.54) is 48.7 Å². The van der Waals surface area contributed by atoms with Crippen molar-refractivity contribution >= 4 is 17.2 Å². The van der Waals surface area contributed by atoms with Gasteiger partial charge in [0, 0.05) is 0 Å². The smallest absolute Gasteiger partial charge is 1.00 e. The molecule has 0 saturated heterocycles. The van der Waals surface area contributed by atoms with Crippen LogP contribution < -0.4 is 35.3 Å². The van der Waals surface area contributed by atoms with Crippen LogP contribution in [0.15, 0.2) is 54.1 Å². The van der Waals surface area contributed by atoms with Crippen LogP contribution in [0.2, 0.25) is 0 Å². The Bertz CT molecular complexity index is 1070. The minimum Gasteiger partial charge on any atom is -1.00 e. The molecule has 2 aromatic rings. The molecular weight excluding hydrogens is 383 g/mol. The fourth-order valence-electron chi connectivity index (χ4n) is 3.56. The molecule has 2 aromatic carbocycles. The van der Waals surface area contributed by atoms with Gasteiger partial charge in [-0.15, -0.1) is 33.4 Å². The largest absolute Gasteiger partial charge is 3.00 e. The van der Waals surface area contributed by atoms with Crippen molar-refractivity contribution in [2.75, 3.05) is 0 Å². The quantitative estimate of drug-likeness (QED) is 0.324. The van der Waals surface area contributed by atoms with Crippen molar-refractivity contribution in [2.45, 2.75) is 27.2 Å². The van der Waals surface area contributed by atoms with Gasteiger partial charge in [0.2, 0.25) is 0 Å². The summed E-state index contributed by atoms with van der Waals surface area (Å²) in [5.74, 6) is 0. The third-order valence-electron chi connectivity index (χ3n) is 4.69. The maximum absolute atomic E-state index is 3.66. The number of fused-ring (bicyclic) bond motifs is 2. The first-order valence-electron chi connectivity index (χ1n) is 7.87. The maximum atomic E-state index is 3.66. The first-order valence-corrected chi connectivity index (χ1v) is 7.87. The van der Waals surface area contributed by atoms with E-state index in [1.54, 1.807) is 0 Å². The van der Waals surface area contributed by atoms with Crippen molar-refractivity contribution in [1.29, 1.82) is 0 Å². The van der Waals surface area contributed by atoms with E-state index in [9.17, 15) is 0 Å². The second kappa shape index (κ2) is 8.56. The Morgan fingerprint density at radius 1 is 0.960 bits per heavy atom. The second-order valence-corrected chi connectivity index (χ2v) is 6.35. The number of rotatable bonds is 1. The average Bonchev–Trinajstić information content (AvgIpc) is 3.09. The molecule has 0 N–H and O–H groups in total. The summed E-state index contributed by atoms with van der Waals surface area (Å²) in [4.78, 5) is 0.